The SMILES string of the molecule is CCOC(=O)Cc1csc(NN=Cc2cccc(OC(=O)c3ccccc3Cl)c2)n1. The molecule has 2 aromatic carbocycles. The monoisotopic (exact) mass is 443 g/mol. The average molecular weight is 444 g/mol. The van der Waals surface area contributed by atoms with Crippen LogP contribution in [-0.4, -0.2) is 29.7 Å². The Kier molecular flexibility index (Phi) is 7.53. The van der Waals surface area contributed by atoms with Crippen LogP contribution in [0.15, 0.2) is 59.0 Å². The molecule has 7 nitrogen and oxygen atoms in total. The minimum Gasteiger partial charge on any atom is -0.466 e. The molecule has 0 bridgehead atoms. The summed E-state index contributed by atoms with van der Waals surface area (Å²) >= 11 is 7.36. The molecule has 0 saturated heterocycles. The number of ether oxygens (including phenoxy) is 2. The number of carbonyl (C=O) groups is 2. The molecule has 0 atom stereocenters. The Hall–Kier alpha value is -3.23. The summed E-state index contributed by atoms with van der Waals surface area (Å²) in [5.41, 5.74) is 4.44. The van der Waals surface area contributed by atoms with Crippen LogP contribution in [0.25, 0.3) is 0 Å². The summed E-state index contributed by atoms with van der Waals surface area (Å²) in [4.78, 5) is 28.0. The fourth-order valence-electron chi connectivity index (χ4n) is 2.41. The summed E-state index contributed by atoms with van der Waals surface area (Å²) in [6, 6.07) is 13.6. The predicted molar refractivity (Wildman–Crippen MR) is 117 cm³/mol. The first-order chi connectivity index (χ1) is 14.5. The summed E-state index contributed by atoms with van der Waals surface area (Å²) in [5, 5.41) is 6.77. The Balaban J connectivity index is 1.58. The number of hydrazone groups is 1. The van der Waals surface area contributed by atoms with Crippen LogP contribution in [0, 0.1) is 0 Å². The molecule has 3 aromatic rings. The molecule has 0 spiro atoms. The van der Waals surface area contributed by atoms with Crippen molar-refractivity contribution in [3.05, 3.63) is 75.8 Å². The van der Waals surface area contributed by atoms with Crippen molar-refractivity contribution < 1.29 is 19.1 Å². The number of anilines is 1. The first-order valence-electron chi connectivity index (χ1n) is 9.01. The minimum atomic E-state index is -0.537. The van der Waals surface area contributed by atoms with Crippen LogP contribution in [0.2, 0.25) is 5.02 Å². The Morgan fingerprint density at radius 1 is 1.23 bits per heavy atom. The normalized spacial score (nSPS) is 10.7. The lowest BCUT2D eigenvalue weighted by molar-refractivity contribution is -0.142. The molecule has 1 N–H and O–H groups in total. The second kappa shape index (κ2) is 10.5. The number of rotatable bonds is 8. The van der Waals surface area contributed by atoms with E-state index in [1.54, 1.807) is 61.0 Å². The molecule has 1 aromatic heterocycles. The number of thiazole rings is 1. The zero-order valence-corrected chi connectivity index (χ0v) is 17.6. The van der Waals surface area contributed by atoms with E-state index < -0.39 is 5.97 Å². The number of aromatic nitrogens is 1. The molecule has 0 saturated carbocycles. The second-order valence-corrected chi connectivity index (χ2v) is 7.20. The van der Waals surface area contributed by atoms with Gasteiger partial charge in [0.15, 0.2) is 0 Å². The number of nitrogens with zero attached hydrogens (tertiary/aromatic N) is 2. The summed E-state index contributed by atoms with van der Waals surface area (Å²) < 4.78 is 10.3. The number of hydrogen-bond acceptors (Lipinski definition) is 8. The van der Waals surface area contributed by atoms with Crippen molar-refractivity contribution in [3.8, 4) is 5.75 Å². The molecule has 0 aliphatic heterocycles. The Labute approximate surface area is 182 Å². The highest BCUT2D eigenvalue weighted by Gasteiger charge is 2.12. The van der Waals surface area contributed by atoms with E-state index in [0.29, 0.717) is 33.8 Å². The quantitative estimate of drug-likeness (QED) is 0.237. The van der Waals surface area contributed by atoms with Crippen molar-refractivity contribution in [1.82, 2.24) is 4.98 Å². The highest BCUT2D eigenvalue weighted by atomic mass is 35.5. The number of nitrogens with one attached hydrogen (secondary N) is 1. The van der Waals surface area contributed by atoms with E-state index in [-0.39, 0.29) is 12.4 Å². The Bertz CT molecular complexity index is 1070. The van der Waals surface area contributed by atoms with Crippen molar-refractivity contribution in [1.29, 1.82) is 0 Å². The summed E-state index contributed by atoms with van der Waals surface area (Å²) in [5.74, 6) is -0.486. The zero-order valence-electron chi connectivity index (χ0n) is 16.0. The van der Waals surface area contributed by atoms with Gasteiger partial charge in [-0.1, -0.05) is 35.9 Å². The van der Waals surface area contributed by atoms with Crippen LogP contribution in [0.5, 0.6) is 5.75 Å². The molecule has 9 heteroatoms. The van der Waals surface area contributed by atoms with Gasteiger partial charge in [0.1, 0.15) is 5.75 Å². The molecule has 0 amide bonds. The van der Waals surface area contributed by atoms with E-state index in [0.717, 1.165) is 5.56 Å². The van der Waals surface area contributed by atoms with Gasteiger partial charge in [-0.05, 0) is 36.8 Å². The number of carbonyl (C=O) groups excluding carboxylic acids is 2. The third-order valence-electron chi connectivity index (χ3n) is 3.72. The molecule has 3 rings (SSSR count). The highest BCUT2D eigenvalue weighted by molar-refractivity contribution is 7.13. The van der Waals surface area contributed by atoms with Gasteiger partial charge in [-0.2, -0.15) is 5.10 Å². The van der Waals surface area contributed by atoms with Crippen LogP contribution < -0.4 is 10.2 Å². The maximum Gasteiger partial charge on any atom is 0.345 e. The fraction of sp³-hybridized carbons (Fsp3) is 0.143. The molecule has 0 radical (unpaired) electrons. The molecular formula is C21H18ClN3O4S. The molecule has 0 unspecified atom stereocenters. The van der Waals surface area contributed by atoms with Gasteiger partial charge in [-0.25, -0.2) is 9.78 Å². The van der Waals surface area contributed by atoms with Gasteiger partial charge < -0.3 is 9.47 Å². The maximum absolute atomic E-state index is 12.3. The number of benzene rings is 2. The van der Waals surface area contributed by atoms with Gasteiger partial charge in [-0.15, -0.1) is 11.3 Å². The van der Waals surface area contributed by atoms with Crippen LogP contribution >= 0.6 is 22.9 Å². The fourth-order valence-corrected chi connectivity index (χ4v) is 3.28. The lowest BCUT2D eigenvalue weighted by Crippen LogP contribution is -2.09. The van der Waals surface area contributed by atoms with Crippen LogP contribution in [0.3, 0.4) is 0 Å². The molecule has 0 fully saturated rings. The summed E-state index contributed by atoms with van der Waals surface area (Å²) in [7, 11) is 0. The third kappa shape index (κ3) is 6.13. The standard InChI is InChI=1S/C21H18ClN3O4S/c1-2-28-19(26)11-15-13-30-21(24-15)25-23-12-14-6-5-7-16(10-14)29-20(27)17-8-3-4-9-18(17)22/h3-10,12-13H,2,11H2,1H3,(H,24,25). The number of hydrogen-bond donors (Lipinski definition) is 1. The van der Waals surface area contributed by atoms with Gasteiger partial charge in [0.25, 0.3) is 0 Å². The predicted octanol–water partition coefficient (Wildman–Crippen LogP) is 4.57. The van der Waals surface area contributed by atoms with Crippen molar-refractivity contribution in [2.24, 2.45) is 5.10 Å². The minimum absolute atomic E-state index is 0.120. The van der Waals surface area contributed by atoms with Crippen LogP contribution in [0.1, 0.15) is 28.5 Å². The van der Waals surface area contributed by atoms with Gasteiger partial charge in [0, 0.05) is 5.38 Å². The number of esters is 2. The summed E-state index contributed by atoms with van der Waals surface area (Å²) in [6.07, 6.45) is 1.69. The Morgan fingerprint density at radius 2 is 2.07 bits per heavy atom. The molecule has 1 heterocycles. The molecule has 154 valence electrons. The van der Waals surface area contributed by atoms with Crippen LogP contribution in [0.4, 0.5) is 5.13 Å². The van der Waals surface area contributed by atoms with E-state index in [1.807, 2.05) is 6.07 Å². The van der Waals surface area contributed by atoms with Gasteiger partial charge in [-0.3, -0.25) is 10.2 Å². The molecule has 0 aliphatic rings. The average Bonchev–Trinajstić information content (AvgIpc) is 3.16. The van der Waals surface area contributed by atoms with E-state index in [9.17, 15) is 9.59 Å². The first-order valence-corrected chi connectivity index (χ1v) is 10.3. The van der Waals surface area contributed by atoms with E-state index >= 15 is 0 Å². The third-order valence-corrected chi connectivity index (χ3v) is 4.84. The van der Waals surface area contributed by atoms with Crippen molar-refractivity contribution in [2.45, 2.75) is 13.3 Å². The molecule has 0 aliphatic carbocycles. The van der Waals surface area contributed by atoms with E-state index in [2.05, 4.69) is 15.5 Å². The number of halogens is 1. The van der Waals surface area contributed by atoms with Gasteiger partial charge in [0.05, 0.1) is 35.5 Å². The smallest absolute Gasteiger partial charge is 0.345 e. The second-order valence-electron chi connectivity index (χ2n) is 5.94. The van der Waals surface area contributed by atoms with Gasteiger partial charge >= 0.3 is 11.9 Å². The van der Waals surface area contributed by atoms with Crippen molar-refractivity contribution in [3.63, 3.8) is 0 Å². The zero-order chi connectivity index (χ0) is 21.3. The maximum atomic E-state index is 12.3. The largest absolute Gasteiger partial charge is 0.466 e. The topological polar surface area (TPSA) is 89.9 Å². The first kappa shape index (κ1) is 21.5. The van der Waals surface area contributed by atoms with Gasteiger partial charge in [0.2, 0.25) is 5.13 Å². The van der Waals surface area contributed by atoms with Crippen LogP contribution in [-0.2, 0) is 16.0 Å². The lowest BCUT2D eigenvalue weighted by atomic mass is 10.2. The Morgan fingerprint density at radius 3 is 2.87 bits per heavy atom. The molecular weight excluding hydrogens is 426 g/mol. The van der Waals surface area contributed by atoms with Crippen molar-refractivity contribution in [2.75, 3.05) is 12.0 Å². The summed E-state index contributed by atoms with van der Waals surface area (Å²) in [6.45, 7) is 2.10. The van der Waals surface area contributed by atoms with E-state index in [4.69, 9.17) is 21.1 Å². The lowest BCUT2D eigenvalue weighted by Gasteiger charge is -2.06. The highest BCUT2D eigenvalue weighted by Crippen LogP contribution is 2.20. The molecule has 30 heavy (non-hydrogen) atoms. The van der Waals surface area contributed by atoms with Crippen molar-refractivity contribution >= 4 is 46.2 Å². The van der Waals surface area contributed by atoms with E-state index in [1.165, 1.54) is 11.3 Å².